The van der Waals surface area contributed by atoms with Crippen molar-refractivity contribution in [3.8, 4) is 28.4 Å². The quantitative estimate of drug-likeness (QED) is 0.165. The van der Waals surface area contributed by atoms with Gasteiger partial charge < -0.3 is 15.3 Å². The summed E-state index contributed by atoms with van der Waals surface area (Å²) in [5.41, 5.74) is 6.41. The second kappa shape index (κ2) is 11.3. The van der Waals surface area contributed by atoms with Gasteiger partial charge in [-0.25, -0.2) is 0 Å². The van der Waals surface area contributed by atoms with E-state index in [1.807, 2.05) is 108 Å². The third-order valence-corrected chi connectivity index (χ3v) is 7.47. The summed E-state index contributed by atoms with van der Waals surface area (Å²) < 4.78 is 0. The van der Waals surface area contributed by atoms with Crippen molar-refractivity contribution < 1.29 is 20.1 Å². The molecule has 0 radical (unpaired) electrons. The van der Waals surface area contributed by atoms with Crippen LogP contribution in [0.3, 0.4) is 0 Å². The molecular weight excluding hydrogens is 496 g/mol. The van der Waals surface area contributed by atoms with Crippen LogP contribution in [-0.2, 0) is 10.2 Å². The number of rotatable bonds is 7. The highest BCUT2D eigenvalue weighted by Gasteiger charge is 2.39. The number of phenols is 3. The summed E-state index contributed by atoms with van der Waals surface area (Å²) in [5.74, 6) is 0.287. The Morgan fingerprint density at radius 3 is 1.90 bits per heavy atom. The van der Waals surface area contributed by atoms with Crippen LogP contribution in [-0.4, -0.2) is 21.1 Å². The van der Waals surface area contributed by atoms with Crippen LogP contribution in [0.2, 0.25) is 0 Å². The van der Waals surface area contributed by atoms with Crippen molar-refractivity contribution in [3.63, 3.8) is 0 Å². The number of aryl methyl sites for hydroxylation is 3. The van der Waals surface area contributed by atoms with E-state index in [0.717, 1.165) is 39.0 Å². The van der Waals surface area contributed by atoms with E-state index in [9.17, 15) is 20.1 Å². The largest absolute Gasteiger partial charge is 0.508 e. The number of ketones is 1. The van der Waals surface area contributed by atoms with Gasteiger partial charge in [0, 0.05) is 5.56 Å². The number of allylic oxidation sites excluding steroid dienone is 4. The summed E-state index contributed by atoms with van der Waals surface area (Å²) in [6, 6.07) is 23.9. The number of hydrogen-bond donors (Lipinski definition) is 3. The fraction of sp³-hybridized carbons (Fsp3) is 0.194. The maximum absolute atomic E-state index is 14.5. The lowest BCUT2D eigenvalue weighted by molar-refractivity contribution is -0.118. The van der Waals surface area contributed by atoms with E-state index in [1.54, 1.807) is 24.3 Å². The maximum Gasteiger partial charge on any atom is 0.171 e. The first-order chi connectivity index (χ1) is 18.9. The van der Waals surface area contributed by atoms with Crippen LogP contribution in [0.15, 0.2) is 96.6 Å². The zero-order valence-electron chi connectivity index (χ0n) is 23.9. The predicted molar refractivity (Wildman–Crippen MR) is 163 cm³/mol. The van der Waals surface area contributed by atoms with Crippen molar-refractivity contribution in [2.24, 2.45) is 0 Å². The fourth-order valence-electron chi connectivity index (χ4n) is 5.00. The lowest BCUT2D eigenvalue weighted by Gasteiger charge is -2.30. The van der Waals surface area contributed by atoms with Crippen LogP contribution in [0, 0.1) is 20.8 Å². The number of benzene rings is 4. The summed E-state index contributed by atoms with van der Waals surface area (Å²) in [7, 11) is 0. The van der Waals surface area contributed by atoms with Crippen molar-refractivity contribution in [3.05, 3.63) is 130 Å². The molecule has 0 aliphatic heterocycles. The van der Waals surface area contributed by atoms with Gasteiger partial charge in [0.1, 0.15) is 17.2 Å². The molecule has 0 saturated heterocycles. The van der Waals surface area contributed by atoms with Gasteiger partial charge in [0.05, 0.1) is 5.41 Å². The van der Waals surface area contributed by atoms with Crippen LogP contribution in [0.5, 0.6) is 17.2 Å². The SMILES string of the molecule is CC(C)=C/C(=C\C(=O)C(C)(c1ccccc1)c1cc(-c2ccc(O)c(C)c2)cc(C)c1O)c1ccc(O)c(C)c1. The molecule has 0 aliphatic rings. The number of aromatic hydroxyl groups is 3. The van der Waals surface area contributed by atoms with Gasteiger partial charge in [-0.2, -0.15) is 0 Å². The van der Waals surface area contributed by atoms with Crippen molar-refractivity contribution in [1.82, 2.24) is 0 Å². The minimum atomic E-state index is -1.22. The summed E-state index contributed by atoms with van der Waals surface area (Å²) in [6.07, 6.45) is 3.59. The second-order valence-corrected chi connectivity index (χ2v) is 10.9. The van der Waals surface area contributed by atoms with Crippen molar-refractivity contribution >= 4 is 11.4 Å². The molecule has 4 nitrogen and oxygen atoms in total. The van der Waals surface area contributed by atoms with E-state index >= 15 is 0 Å². The lowest BCUT2D eigenvalue weighted by Crippen LogP contribution is -2.33. The van der Waals surface area contributed by atoms with E-state index in [2.05, 4.69) is 0 Å². The second-order valence-electron chi connectivity index (χ2n) is 10.9. The highest BCUT2D eigenvalue weighted by atomic mass is 16.3. The average molecular weight is 533 g/mol. The zero-order valence-corrected chi connectivity index (χ0v) is 23.9. The van der Waals surface area contributed by atoms with Crippen LogP contribution < -0.4 is 0 Å². The molecule has 0 amide bonds. The number of phenolic OH excluding ortho intramolecular Hbond substituents is 3. The van der Waals surface area contributed by atoms with Crippen molar-refractivity contribution in [2.45, 2.75) is 47.0 Å². The van der Waals surface area contributed by atoms with E-state index in [0.29, 0.717) is 16.7 Å². The number of hydrogen-bond acceptors (Lipinski definition) is 4. The molecule has 0 spiro atoms. The topological polar surface area (TPSA) is 77.8 Å². The Balaban J connectivity index is 1.98. The lowest BCUT2D eigenvalue weighted by atomic mass is 9.71. The molecule has 1 unspecified atom stereocenters. The first-order valence-electron chi connectivity index (χ1n) is 13.3. The number of carbonyl (C=O) groups excluding carboxylic acids is 1. The van der Waals surface area contributed by atoms with Gasteiger partial charge in [-0.1, -0.05) is 54.1 Å². The molecule has 204 valence electrons. The minimum absolute atomic E-state index is 0.0663. The Bertz CT molecular complexity index is 1640. The summed E-state index contributed by atoms with van der Waals surface area (Å²) in [6.45, 7) is 11.3. The van der Waals surface area contributed by atoms with Gasteiger partial charge >= 0.3 is 0 Å². The summed E-state index contributed by atoms with van der Waals surface area (Å²) >= 11 is 0. The smallest absolute Gasteiger partial charge is 0.171 e. The molecule has 0 saturated carbocycles. The summed E-state index contributed by atoms with van der Waals surface area (Å²) in [5, 5.41) is 31.6. The van der Waals surface area contributed by atoms with E-state index in [4.69, 9.17) is 0 Å². The highest BCUT2D eigenvalue weighted by Crippen LogP contribution is 2.43. The molecule has 4 aromatic rings. The van der Waals surface area contributed by atoms with Gasteiger partial charge in [0.2, 0.25) is 0 Å². The molecule has 0 heterocycles. The van der Waals surface area contributed by atoms with Crippen molar-refractivity contribution in [1.29, 1.82) is 0 Å². The van der Waals surface area contributed by atoms with Gasteiger partial charge in [-0.3, -0.25) is 4.79 Å². The van der Waals surface area contributed by atoms with Gasteiger partial charge in [-0.05, 0) is 129 Å². The van der Waals surface area contributed by atoms with Gasteiger partial charge in [0.25, 0.3) is 0 Å². The summed E-state index contributed by atoms with van der Waals surface area (Å²) in [4.78, 5) is 14.5. The molecule has 4 heteroatoms. The molecule has 40 heavy (non-hydrogen) atoms. The van der Waals surface area contributed by atoms with Crippen LogP contribution in [0.25, 0.3) is 16.7 Å². The fourth-order valence-corrected chi connectivity index (χ4v) is 5.00. The Morgan fingerprint density at radius 1 is 0.700 bits per heavy atom. The molecule has 0 fully saturated rings. The molecule has 0 aliphatic carbocycles. The van der Waals surface area contributed by atoms with Crippen LogP contribution >= 0.6 is 0 Å². The molecular formula is C36H36O4. The predicted octanol–water partition coefficient (Wildman–Crippen LogP) is 8.32. The standard InChI is InChI=1S/C36H36O4/c1-22(2)16-28(26-12-14-32(37)23(3)17-26)21-34(39)36(6,30-10-8-7-9-11-30)31-20-29(19-25(5)35(31)40)27-13-15-33(38)24(4)18-27/h7-21,37-38,40H,1-6H3/b28-21+. The molecule has 4 aromatic carbocycles. The van der Waals surface area contributed by atoms with Gasteiger partial charge in [-0.15, -0.1) is 0 Å². The molecule has 4 rings (SSSR count). The maximum atomic E-state index is 14.5. The van der Waals surface area contributed by atoms with Crippen LogP contribution in [0.4, 0.5) is 0 Å². The first kappa shape index (κ1) is 28.4. The Labute approximate surface area is 236 Å². The molecule has 0 aromatic heterocycles. The third kappa shape index (κ3) is 5.57. The van der Waals surface area contributed by atoms with E-state index < -0.39 is 5.41 Å². The highest BCUT2D eigenvalue weighted by molar-refractivity contribution is 6.07. The Hall–Kier alpha value is -4.57. The average Bonchev–Trinajstić information content (AvgIpc) is 2.92. The first-order valence-corrected chi connectivity index (χ1v) is 13.3. The Kier molecular flexibility index (Phi) is 8.01. The molecule has 0 bridgehead atoms. The van der Waals surface area contributed by atoms with E-state index in [1.165, 1.54) is 0 Å². The van der Waals surface area contributed by atoms with Crippen molar-refractivity contribution in [2.75, 3.05) is 0 Å². The normalized spacial score (nSPS) is 13.0. The van der Waals surface area contributed by atoms with E-state index in [-0.39, 0.29) is 23.0 Å². The monoisotopic (exact) mass is 532 g/mol. The van der Waals surface area contributed by atoms with Gasteiger partial charge in [0.15, 0.2) is 5.78 Å². The van der Waals surface area contributed by atoms with Crippen LogP contribution in [0.1, 0.15) is 54.2 Å². The Morgan fingerprint density at radius 2 is 1.30 bits per heavy atom. The minimum Gasteiger partial charge on any atom is -0.508 e. The molecule has 1 atom stereocenters. The third-order valence-electron chi connectivity index (χ3n) is 7.47. The zero-order chi connectivity index (χ0) is 29.2. The number of carbonyl (C=O) groups is 1. The molecule has 3 N–H and O–H groups in total.